The summed E-state index contributed by atoms with van der Waals surface area (Å²) in [7, 11) is -3.33. The molecule has 98 valence electrons. The van der Waals surface area contributed by atoms with Crippen molar-refractivity contribution in [1.82, 2.24) is 0 Å². The third-order valence-corrected chi connectivity index (χ3v) is 3.15. The minimum atomic E-state index is -3.33. The summed E-state index contributed by atoms with van der Waals surface area (Å²) in [4.78, 5) is 0. The van der Waals surface area contributed by atoms with Crippen LogP contribution in [-0.4, -0.2) is 27.3 Å². The average molecular weight is 281 g/mol. The summed E-state index contributed by atoms with van der Waals surface area (Å²) < 4.78 is 30.4. The van der Waals surface area contributed by atoms with E-state index in [1.807, 2.05) is 6.92 Å². The van der Waals surface area contributed by atoms with Crippen LogP contribution >= 0.6 is 12.4 Å². The van der Waals surface area contributed by atoms with E-state index in [2.05, 4.69) is 4.72 Å². The molecule has 0 radical (unpaired) electrons. The Morgan fingerprint density at radius 2 is 1.88 bits per heavy atom. The Morgan fingerprint density at radius 3 is 2.35 bits per heavy atom. The molecule has 0 heterocycles. The number of halogens is 1. The van der Waals surface area contributed by atoms with Crippen LogP contribution in [0.25, 0.3) is 0 Å². The topological polar surface area (TPSA) is 81.4 Å². The molecule has 0 aliphatic heterocycles. The molecule has 0 aliphatic carbocycles. The Hall–Kier alpha value is -0.980. The number of anilines is 1. The largest absolute Gasteiger partial charge is 0.494 e. The first kappa shape index (κ1) is 16.0. The molecule has 1 aromatic carbocycles. The highest BCUT2D eigenvalue weighted by Gasteiger charge is 2.08. The van der Waals surface area contributed by atoms with Gasteiger partial charge in [-0.25, -0.2) is 8.42 Å². The molecule has 0 unspecified atom stereocenters. The fourth-order valence-corrected chi connectivity index (χ4v) is 2.08. The molecule has 0 saturated carbocycles. The summed E-state index contributed by atoms with van der Waals surface area (Å²) in [5.74, 6) is 0.629. The van der Waals surface area contributed by atoms with E-state index >= 15 is 0 Å². The van der Waals surface area contributed by atoms with Crippen molar-refractivity contribution in [2.75, 3.05) is 23.6 Å². The molecule has 0 bridgehead atoms. The van der Waals surface area contributed by atoms with Gasteiger partial charge in [-0.1, -0.05) is 0 Å². The Kier molecular flexibility index (Phi) is 6.94. The Balaban J connectivity index is 0.00000256. The van der Waals surface area contributed by atoms with Gasteiger partial charge >= 0.3 is 0 Å². The van der Waals surface area contributed by atoms with E-state index in [-0.39, 0.29) is 24.7 Å². The summed E-state index contributed by atoms with van der Waals surface area (Å²) >= 11 is 0. The number of benzene rings is 1. The smallest absolute Gasteiger partial charge is 0.233 e. The van der Waals surface area contributed by atoms with Crippen molar-refractivity contribution in [2.24, 2.45) is 5.73 Å². The van der Waals surface area contributed by atoms with Gasteiger partial charge in [-0.05, 0) is 31.2 Å². The van der Waals surface area contributed by atoms with Crippen molar-refractivity contribution in [3.05, 3.63) is 24.3 Å². The van der Waals surface area contributed by atoms with Crippen LogP contribution in [0.3, 0.4) is 0 Å². The Bertz CT molecular complexity index is 420. The Labute approximate surface area is 108 Å². The third kappa shape index (κ3) is 5.76. The highest BCUT2D eigenvalue weighted by molar-refractivity contribution is 7.92. The average Bonchev–Trinajstić information content (AvgIpc) is 2.21. The SMILES string of the molecule is CCOc1ccc(NS(=O)(=O)CCN)cc1.Cl. The Morgan fingerprint density at radius 1 is 1.29 bits per heavy atom. The molecule has 17 heavy (non-hydrogen) atoms. The van der Waals surface area contributed by atoms with Crippen molar-refractivity contribution < 1.29 is 13.2 Å². The number of hydrogen-bond acceptors (Lipinski definition) is 4. The minimum absolute atomic E-state index is 0. The predicted octanol–water partition coefficient (Wildman–Crippen LogP) is 1.21. The van der Waals surface area contributed by atoms with Crippen LogP contribution in [0.15, 0.2) is 24.3 Å². The number of nitrogens with one attached hydrogen (secondary N) is 1. The van der Waals surface area contributed by atoms with Crippen LogP contribution < -0.4 is 15.2 Å². The zero-order valence-electron chi connectivity index (χ0n) is 9.55. The second kappa shape index (κ2) is 7.37. The van der Waals surface area contributed by atoms with E-state index in [9.17, 15) is 8.42 Å². The molecule has 1 aromatic rings. The van der Waals surface area contributed by atoms with Gasteiger partial charge in [0.25, 0.3) is 0 Å². The molecule has 0 fully saturated rings. The van der Waals surface area contributed by atoms with E-state index in [1.165, 1.54) is 0 Å². The van der Waals surface area contributed by atoms with Crippen LogP contribution in [-0.2, 0) is 10.0 Å². The molecular weight excluding hydrogens is 264 g/mol. The summed E-state index contributed by atoms with van der Waals surface area (Å²) in [6.07, 6.45) is 0. The first-order valence-electron chi connectivity index (χ1n) is 5.01. The second-order valence-electron chi connectivity index (χ2n) is 3.17. The van der Waals surface area contributed by atoms with Gasteiger partial charge < -0.3 is 10.5 Å². The first-order chi connectivity index (χ1) is 7.57. The van der Waals surface area contributed by atoms with Gasteiger partial charge in [0.2, 0.25) is 10.0 Å². The van der Waals surface area contributed by atoms with Crippen molar-refractivity contribution >= 4 is 28.1 Å². The minimum Gasteiger partial charge on any atom is -0.494 e. The highest BCUT2D eigenvalue weighted by atomic mass is 35.5. The monoisotopic (exact) mass is 280 g/mol. The van der Waals surface area contributed by atoms with Crippen LogP contribution in [0.1, 0.15) is 6.92 Å². The fourth-order valence-electron chi connectivity index (χ4n) is 1.17. The van der Waals surface area contributed by atoms with Crippen LogP contribution in [0, 0.1) is 0 Å². The van der Waals surface area contributed by atoms with Gasteiger partial charge in [0.15, 0.2) is 0 Å². The molecule has 0 aliphatic rings. The first-order valence-corrected chi connectivity index (χ1v) is 6.66. The summed E-state index contributed by atoms with van der Waals surface area (Å²) in [5, 5.41) is 0. The molecule has 7 heteroatoms. The van der Waals surface area contributed by atoms with Gasteiger partial charge in [0, 0.05) is 12.2 Å². The predicted molar refractivity (Wildman–Crippen MR) is 71.3 cm³/mol. The van der Waals surface area contributed by atoms with Gasteiger partial charge in [0.05, 0.1) is 12.4 Å². The third-order valence-electron chi connectivity index (χ3n) is 1.83. The number of nitrogens with two attached hydrogens (primary N) is 1. The van der Waals surface area contributed by atoms with Crippen LogP contribution in [0.4, 0.5) is 5.69 Å². The molecule has 1 rings (SSSR count). The molecule has 0 amide bonds. The van der Waals surface area contributed by atoms with Gasteiger partial charge in [0.1, 0.15) is 5.75 Å². The highest BCUT2D eigenvalue weighted by Crippen LogP contribution is 2.16. The molecule has 5 nitrogen and oxygen atoms in total. The maximum absolute atomic E-state index is 11.4. The normalized spacial score (nSPS) is 10.5. The molecule has 0 saturated heterocycles. The standard InChI is InChI=1S/C10H16N2O3S.ClH/c1-2-15-10-5-3-9(4-6-10)12-16(13,14)8-7-11;/h3-6,12H,2,7-8,11H2,1H3;1H. The van der Waals surface area contributed by atoms with Gasteiger partial charge in [-0.2, -0.15) is 0 Å². The fraction of sp³-hybridized carbons (Fsp3) is 0.400. The lowest BCUT2D eigenvalue weighted by Crippen LogP contribution is -2.22. The molecular formula is C10H17ClN2O3S. The molecule has 0 aromatic heterocycles. The molecule has 0 atom stereocenters. The van der Waals surface area contributed by atoms with E-state index in [1.54, 1.807) is 24.3 Å². The number of ether oxygens (including phenoxy) is 1. The maximum atomic E-state index is 11.4. The summed E-state index contributed by atoms with van der Waals surface area (Å²) in [5.41, 5.74) is 5.70. The second-order valence-corrected chi connectivity index (χ2v) is 5.01. The summed E-state index contributed by atoms with van der Waals surface area (Å²) in [6, 6.07) is 6.73. The zero-order valence-corrected chi connectivity index (χ0v) is 11.2. The zero-order chi connectivity index (χ0) is 12.0. The lowest BCUT2D eigenvalue weighted by Gasteiger charge is -2.08. The lowest BCUT2D eigenvalue weighted by atomic mass is 10.3. The summed E-state index contributed by atoms with van der Waals surface area (Å²) in [6.45, 7) is 2.57. The van der Waals surface area contributed by atoms with Crippen molar-refractivity contribution in [3.8, 4) is 5.75 Å². The van der Waals surface area contributed by atoms with E-state index in [4.69, 9.17) is 10.5 Å². The van der Waals surface area contributed by atoms with Crippen LogP contribution in [0.5, 0.6) is 5.75 Å². The molecule has 0 spiro atoms. The van der Waals surface area contributed by atoms with E-state index in [0.717, 1.165) is 0 Å². The van der Waals surface area contributed by atoms with Gasteiger partial charge in [-0.3, -0.25) is 4.72 Å². The van der Waals surface area contributed by atoms with E-state index in [0.29, 0.717) is 18.0 Å². The van der Waals surface area contributed by atoms with Crippen molar-refractivity contribution in [3.63, 3.8) is 0 Å². The lowest BCUT2D eigenvalue weighted by molar-refractivity contribution is 0.340. The van der Waals surface area contributed by atoms with Crippen LogP contribution in [0.2, 0.25) is 0 Å². The quantitative estimate of drug-likeness (QED) is 0.821. The number of sulfonamides is 1. The maximum Gasteiger partial charge on any atom is 0.233 e. The van der Waals surface area contributed by atoms with Crippen molar-refractivity contribution in [2.45, 2.75) is 6.92 Å². The number of rotatable bonds is 6. The van der Waals surface area contributed by atoms with E-state index < -0.39 is 10.0 Å². The number of hydrogen-bond donors (Lipinski definition) is 2. The van der Waals surface area contributed by atoms with Crippen molar-refractivity contribution in [1.29, 1.82) is 0 Å². The van der Waals surface area contributed by atoms with Gasteiger partial charge in [-0.15, -0.1) is 12.4 Å². The molecule has 3 N–H and O–H groups in total.